The van der Waals surface area contributed by atoms with Crippen LogP contribution >= 0.6 is 15.9 Å². The third-order valence-corrected chi connectivity index (χ3v) is 6.80. The van der Waals surface area contributed by atoms with Crippen LogP contribution < -0.4 is 10.3 Å². The average molecular weight is 499 g/mol. The Balaban J connectivity index is 1.74. The van der Waals surface area contributed by atoms with Crippen LogP contribution in [0.15, 0.2) is 29.1 Å². The van der Waals surface area contributed by atoms with Gasteiger partial charge in [0.05, 0.1) is 35.6 Å². The SMILES string of the molecule is CCc1c2c(nc3ccc(OCCBr)cc13)-c1cc3c(c(=O)n1C2)COC(=O)[C@]3(O)CC. The number of alkyl halides is 1. The van der Waals surface area contributed by atoms with Crippen molar-refractivity contribution < 1.29 is 19.4 Å². The van der Waals surface area contributed by atoms with Gasteiger partial charge in [-0.25, -0.2) is 9.78 Å². The second-order valence-corrected chi connectivity index (χ2v) is 8.88. The molecule has 166 valence electrons. The van der Waals surface area contributed by atoms with Crippen molar-refractivity contribution in [3.8, 4) is 17.1 Å². The van der Waals surface area contributed by atoms with E-state index in [2.05, 4.69) is 22.9 Å². The number of fused-ring (bicyclic) bond motifs is 5. The number of carbonyl (C=O) groups is 1. The number of aromatic nitrogens is 2. The minimum Gasteiger partial charge on any atom is -0.493 e. The summed E-state index contributed by atoms with van der Waals surface area (Å²) in [7, 11) is 0. The van der Waals surface area contributed by atoms with E-state index in [4.69, 9.17) is 14.5 Å². The molecule has 0 saturated heterocycles. The summed E-state index contributed by atoms with van der Waals surface area (Å²) in [6.45, 7) is 4.62. The molecule has 0 bridgehead atoms. The summed E-state index contributed by atoms with van der Waals surface area (Å²) in [5.41, 5.74) is 2.87. The van der Waals surface area contributed by atoms with Crippen molar-refractivity contribution in [3.05, 3.63) is 56.9 Å². The third kappa shape index (κ3) is 2.93. The molecule has 8 heteroatoms. The first-order chi connectivity index (χ1) is 15.4. The number of ether oxygens (including phenoxy) is 2. The van der Waals surface area contributed by atoms with Crippen molar-refractivity contribution in [2.45, 2.75) is 45.4 Å². The molecule has 0 unspecified atom stereocenters. The van der Waals surface area contributed by atoms with Crippen LogP contribution in [0.5, 0.6) is 5.75 Å². The van der Waals surface area contributed by atoms with Crippen molar-refractivity contribution in [3.63, 3.8) is 0 Å². The molecule has 2 aliphatic heterocycles. The zero-order valence-corrected chi connectivity index (χ0v) is 19.5. The molecule has 1 aromatic carbocycles. The predicted octanol–water partition coefficient (Wildman–Crippen LogP) is 3.42. The van der Waals surface area contributed by atoms with Gasteiger partial charge >= 0.3 is 5.97 Å². The van der Waals surface area contributed by atoms with E-state index >= 15 is 0 Å². The van der Waals surface area contributed by atoms with Crippen molar-refractivity contribution in [1.29, 1.82) is 0 Å². The Bertz CT molecular complexity index is 1330. The van der Waals surface area contributed by atoms with Gasteiger partial charge in [0.1, 0.15) is 12.4 Å². The topological polar surface area (TPSA) is 90.6 Å². The summed E-state index contributed by atoms with van der Waals surface area (Å²) in [5.74, 6) is 0.0620. The lowest BCUT2D eigenvalue weighted by Crippen LogP contribution is -2.44. The minimum atomic E-state index is -1.82. The van der Waals surface area contributed by atoms with Gasteiger partial charge in [-0.2, -0.15) is 0 Å². The Kier molecular flexibility index (Phi) is 5.09. The second kappa shape index (κ2) is 7.71. The highest BCUT2D eigenvalue weighted by Gasteiger charge is 2.45. The average Bonchev–Trinajstić information content (AvgIpc) is 3.17. The molecule has 2 aliphatic rings. The number of rotatable bonds is 5. The number of pyridine rings is 2. The quantitative estimate of drug-likeness (QED) is 0.335. The normalized spacial score (nSPS) is 18.8. The summed E-state index contributed by atoms with van der Waals surface area (Å²) in [5, 5.41) is 12.8. The van der Waals surface area contributed by atoms with Crippen LogP contribution in [0.1, 0.15) is 42.5 Å². The number of esters is 1. The summed E-state index contributed by atoms with van der Waals surface area (Å²) < 4.78 is 12.6. The Morgan fingerprint density at radius 1 is 1.25 bits per heavy atom. The number of nitrogens with zero attached hydrogens (tertiary/aromatic N) is 2. The summed E-state index contributed by atoms with van der Waals surface area (Å²) in [6.07, 6.45) is 0.892. The molecule has 1 atom stereocenters. The first kappa shape index (κ1) is 21.2. The molecule has 0 aliphatic carbocycles. The predicted molar refractivity (Wildman–Crippen MR) is 123 cm³/mol. The largest absolute Gasteiger partial charge is 0.493 e. The lowest BCUT2D eigenvalue weighted by atomic mass is 9.86. The Morgan fingerprint density at radius 2 is 2.06 bits per heavy atom. The van der Waals surface area contributed by atoms with Crippen molar-refractivity contribution in [2.24, 2.45) is 0 Å². The number of halogens is 1. The molecule has 0 saturated carbocycles. The van der Waals surface area contributed by atoms with E-state index in [1.165, 1.54) is 0 Å². The van der Waals surface area contributed by atoms with Crippen LogP contribution in [0, 0.1) is 0 Å². The number of hydrogen-bond acceptors (Lipinski definition) is 6. The van der Waals surface area contributed by atoms with E-state index < -0.39 is 11.6 Å². The Morgan fingerprint density at radius 3 is 2.78 bits per heavy atom. The van der Waals surface area contributed by atoms with E-state index in [1.54, 1.807) is 17.6 Å². The fourth-order valence-corrected chi connectivity index (χ4v) is 4.95. The molecule has 0 amide bonds. The van der Waals surface area contributed by atoms with Crippen LogP contribution in [0.3, 0.4) is 0 Å². The van der Waals surface area contributed by atoms with E-state index in [0.29, 0.717) is 30.0 Å². The maximum Gasteiger partial charge on any atom is 0.343 e. The van der Waals surface area contributed by atoms with Gasteiger partial charge in [-0.1, -0.05) is 29.8 Å². The molecule has 5 rings (SSSR count). The van der Waals surface area contributed by atoms with Crippen LogP contribution in [0.25, 0.3) is 22.3 Å². The molecule has 4 heterocycles. The van der Waals surface area contributed by atoms with Gasteiger partial charge in [-0.05, 0) is 42.7 Å². The number of cyclic esters (lactones) is 1. The summed E-state index contributed by atoms with van der Waals surface area (Å²) in [4.78, 5) is 30.6. The standard InChI is InChI=1S/C24H23BrN2O5/c1-3-14-15-9-13(31-8-7-25)5-6-19(15)26-21-16(14)11-27-20(21)10-18-17(22(27)28)12-32-23(29)24(18,30)4-2/h5-6,9-10,30H,3-4,7-8,11-12H2,1-2H3/t24-/m0/s1. The molecule has 3 aromatic rings. The van der Waals surface area contributed by atoms with Gasteiger partial charge in [0.2, 0.25) is 0 Å². The van der Waals surface area contributed by atoms with Crippen molar-refractivity contribution in [2.75, 3.05) is 11.9 Å². The summed E-state index contributed by atoms with van der Waals surface area (Å²) >= 11 is 3.38. The molecule has 0 radical (unpaired) electrons. The fraction of sp³-hybridized carbons (Fsp3) is 0.375. The molecule has 0 spiro atoms. The highest BCUT2D eigenvalue weighted by molar-refractivity contribution is 9.09. The molecular formula is C24H23BrN2O5. The molecule has 1 N–H and O–H groups in total. The first-order valence-corrected chi connectivity index (χ1v) is 11.9. The Hall–Kier alpha value is -2.71. The molecule has 2 aromatic heterocycles. The molecule has 0 fully saturated rings. The van der Waals surface area contributed by atoms with E-state index in [1.807, 2.05) is 18.2 Å². The van der Waals surface area contributed by atoms with Crippen LogP contribution in [0.2, 0.25) is 0 Å². The molecule has 7 nitrogen and oxygen atoms in total. The molecule has 32 heavy (non-hydrogen) atoms. The monoisotopic (exact) mass is 498 g/mol. The van der Waals surface area contributed by atoms with Crippen LogP contribution in [0.4, 0.5) is 0 Å². The minimum absolute atomic E-state index is 0.122. The first-order valence-electron chi connectivity index (χ1n) is 10.7. The third-order valence-electron chi connectivity index (χ3n) is 6.48. The van der Waals surface area contributed by atoms with E-state index in [9.17, 15) is 14.7 Å². The molecular weight excluding hydrogens is 476 g/mol. The van der Waals surface area contributed by atoms with Gasteiger partial charge in [0.15, 0.2) is 5.60 Å². The lowest BCUT2D eigenvalue weighted by Gasteiger charge is -2.31. The highest BCUT2D eigenvalue weighted by Crippen LogP contribution is 2.40. The number of hydrogen-bond donors (Lipinski definition) is 1. The number of aryl methyl sites for hydroxylation is 1. The van der Waals surface area contributed by atoms with Crippen LogP contribution in [-0.4, -0.2) is 32.6 Å². The highest BCUT2D eigenvalue weighted by atomic mass is 79.9. The fourth-order valence-electron chi connectivity index (χ4n) is 4.79. The van der Waals surface area contributed by atoms with Gasteiger partial charge in [-0.3, -0.25) is 4.79 Å². The second-order valence-electron chi connectivity index (χ2n) is 8.09. The van der Waals surface area contributed by atoms with Gasteiger partial charge in [0.25, 0.3) is 5.56 Å². The lowest BCUT2D eigenvalue weighted by molar-refractivity contribution is -0.172. The maximum atomic E-state index is 13.4. The zero-order valence-electron chi connectivity index (χ0n) is 17.9. The number of aliphatic hydroxyl groups is 1. The smallest absolute Gasteiger partial charge is 0.343 e. The van der Waals surface area contributed by atoms with E-state index in [0.717, 1.165) is 45.2 Å². The zero-order chi connectivity index (χ0) is 22.6. The maximum absolute atomic E-state index is 13.4. The van der Waals surface area contributed by atoms with Crippen molar-refractivity contribution in [1.82, 2.24) is 9.55 Å². The number of carbonyl (C=O) groups excluding carboxylic acids is 1. The van der Waals surface area contributed by atoms with Crippen molar-refractivity contribution >= 4 is 32.8 Å². The van der Waals surface area contributed by atoms with E-state index in [-0.39, 0.29) is 18.6 Å². The van der Waals surface area contributed by atoms with Gasteiger partial charge in [-0.15, -0.1) is 0 Å². The van der Waals surface area contributed by atoms with Gasteiger partial charge < -0.3 is 19.1 Å². The summed E-state index contributed by atoms with van der Waals surface area (Å²) in [6, 6.07) is 7.57. The Labute approximate surface area is 193 Å². The number of benzene rings is 1. The van der Waals surface area contributed by atoms with Crippen LogP contribution in [-0.2, 0) is 34.7 Å². The van der Waals surface area contributed by atoms with Gasteiger partial charge in [0, 0.05) is 21.8 Å².